The summed E-state index contributed by atoms with van der Waals surface area (Å²) in [6.45, 7) is 6.83. The summed E-state index contributed by atoms with van der Waals surface area (Å²) in [7, 11) is 0. The van der Waals surface area contributed by atoms with Crippen LogP contribution in [-0.2, 0) is 34.0 Å². The van der Waals surface area contributed by atoms with Crippen molar-refractivity contribution in [3.8, 4) is 0 Å². The van der Waals surface area contributed by atoms with Crippen LogP contribution in [0.3, 0.4) is 0 Å². The molecule has 2 aliphatic heterocycles. The van der Waals surface area contributed by atoms with E-state index in [2.05, 4.69) is 46.4 Å². The van der Waals surface area contributed by atoms with Crippen molar-refractivity contribution in [2.75, 3.05) is 0 Å². The second-order valence-corrected chi connectivity index (χ2v) is 20.6. The molecule has 5 heteroatoms. The van der Waals surface area contributed by atoms with E-state index in [1.807, 2.05) is 5.84 Å². The van der Waals surface area contributed by atoms with Gasteiger partial charge in [-0.05, 0) is 0 Å². The minimum atomic E-state index is -0.926. The van der Waals surface area contributed by atoms with Crippen LogP contribution in [0.1, 0.15) is 23.6 Å². The monoisotopic (exact) mass is 908 g/mol. The molecule has 0 unspecified atom stereocenters. The Balaban J connectivity index is 2.05. The summed E-state index contributed by atoms with van der Waals surface area (Å²) in [6, 6.07) is 6.99. The molecule has 0 aromatic heterocycles. The summed E-state index contributed by atoms with van der Waals surface area (Å²) < 4.78 is 11.5. The van der Waals surface area contributed by atoms with Crippen LogP contribution in [0.15, 0.2) is 31.8 Å². The number of fused-ring (bicyclic) bond motifs is 1. The molecule has 0 bridgehead atoms. The Morgan fingerprint density at radius 1 is 1.25 bits per heavy atom. The average molecular weight is 908 g/mol. The molecule has 0 amide bonds. The fourth-order valence-corrected chi connectivity index (χ4v) is 34.1. The topological polar surface area (TPSA) is 12.0 Å². The van der Waals surface area contributed by atoms with Crippen LogP contribution in [0.25, 0.3) is 0 Å². The first-order valence-electron chi connectivity index (χ1n) is 6.67. The number of hydrogen-bond donors (Lipinski definition) is 1. The first kappa shape index (κ1) is 17.0. The summed E-state index contributed by atoms with van der Waals surface area (Å²) >= 11 is -0.479. The summed E-state index contributed by atoms with van der Waals surface area (Å²) in [5, 5.41) is 0. The number of hydrogen-bond acceptors (Lipinski definition) is 1. The molecule has 0 spiro atoms. The van der Waals surface area contributed by atoms with Crippen molar-refractivity contribution in [1.82, 2.24) is 2.65 Å². The molecule has 1 aromatic carbocycles. The van der Waals surface area contributed by atoms with Gasteiger partial charge in [0.1, 0.15) is 0 Å². The van der Waals surface area contributed by atoms with Crippen LogP contribution >= 0.6 is 0 Å². The zero-order valence-corrected chi connectivity index (χ0v) is 28.9. The van der Waals surface area contributed by atoms with E-state index < -0.39 is 46.2 Å². The number of nitrogens with one attached hydrogen (secondary N) is 1. The first-order valence-corrected chi connectivity index (χ1v) is 19.4. The third-order valence-corrected chi connectivity index (χ3v) is 37.6. The van der Waals surface area contributed by atoms with Crippen molar-refractivity contribution in [3.05, 3.63) is 48.5 Å². The predicted molar refractivity (Wildman–Crippen MR) is 70.3 cm³/mol. The van der Waals surface area contributed by atoms with E-state index in [0.29, 0.717) is 58.6 Å². The van der Waals surface area contributed by atoms with Gasteiger partial charge in [-0.15, -0.1) is 0 Å². The molecular formula is C15H15NRaUVW. The van der Waals surface area contributed by atoms with Gasteiger partial charge >= 0.3 is 183 Å². The van der Waals surface area contributed by atoms with E-state index in [9.17, 15) is 0 Å². The van der Waals surface area contributed by atoms with Gasteiger partial charge in [-0.3, -0.25) is 0 Å². The minimum absolute atomic E-state index is 0.402. The van der Waals surface area contributed by atoms with Crippen LogP contribution < -0.4 is 2.65 Å². The van der Waals surface area contributed by atoms with Crippen molar-refractivity contribution < 1.29 is 105 Å². The third kappa shape index (κ3) is 3.64. The van der Waals surface area contributed by atoms with Crippen molar-refractivity contribution >= 4 is 6.64 Å². The number of allylic oxidation sites excluding steroid dienone is 3. The van der Waals surface area contributed by atoms with Crippen molar-refractivity contribution in [2.24, 2.45) is 0 Å². The Morgan fingerprint density at radius 2 is 2.05 bits per heavy atom. The van der Waals surface area contributed by atoms with Gasteiger partial charge in [-0.25, -0.2) is 0 Å². The normalized spacial score (nSPS) is 17.4. The molecule has 1 aromatic rings. The van der Waals surface area contributed by atoms with E-state index in [1.165, 1.54) is 11.1 Å². The molecule has 0 radical (unpaired) electrons. The van der Waals surface area contributed by atoms with Gasteiger partial charge in [-0.1, -0.05) is 0 Å². The number of rotatable bonds is 1. The maximum atomic E-state index is 3.99. The van der Waals surface area contributed by atoms with Gasteiger partial charge in [-0.2, -0.15) is 0 Å². The second kappa shape index (κ2) is 7.39. The summed E-state index contributed by atoms with van der Waals surface area (Å²) in [5.41, 5.74) is 6.07. The molecule has 1 nitrogen and oxygen atoms in total. The average Bonchev–Trinajstić information content (AvgIpc) is 2.43. The zero-order valence-electron chi connectivity index (χ0n) is 12.2. The molecule has 0 saturated carbocycles. The summed E-state index contributed by atoms with van der Waals surface area (Å²) in [5.74, 6) is 0. The van der Waals surface area contributed by atoms with Gasteiger partial charge in [0.2, 0.25) is 0 Å². The fourth-order valence-electron chi connectivity index (χ4n) is 2.33. The fraction of sp³-hybridized carbons (Fsp3) is 0.200. The molecule has 20 heavy (non-hydrogen) atoms. The zero-order chi connectivity index (χ0) is 14.3. The Labute approximate surface area is 179 Å². The third-order valence-electron chi connectivity index (χ3n) is 3.68. The Bertz CT molecular complexity index is 719. The molecule has 0 fully saturated rings. The quantitative estimate of drug-likeness (QED) is 0.456. The summed E-state index contributed by atoms with van der Waals surface area (Å²) in [6.07, 6.45) is 0. The molecule has 2 heterocycles. The molecule has 0 aliphatic carbocycles. The Morgan fingerprint density at radius 3 is 2.80 bits per heavy atom. The van der Waals surface area contributed by atoms with E-state index in [-0.39, 0.29) is 0 Å². The van der Waals surface area contributed by atoms with Crippen LogP contribution in [0.4, 0.5) is 0 Å². The summed E-state index contributed by atoms with van der Waals surface area (Å²) in [4.78, 5) is 2.60. The Hall–Kier alpha value is 2.19. The molecule has 0 atom stereocenters. The van der Waals surface area contributed by atoms with Gasteiger partial charge in [0.15, 0.2) is 0 Å². The van der Waals surface area contributed by atoms with E-state index in [1.54, 1.807) is 15.2 Å². The molecule has 1 N–H and O–H groups in total. The SMILES string of the molecule is CC1=[CH][V]=[C]2[W]=[C](c3ccc(C)cc3C)[NH][U][C]2=[C]1[RaH]. The standard InChI is InChI=1S/C9H10N.C6H4.Ra.U.V.W.H/c1-7-3-4-9(6-10)8(2)5-7;1-4-5-6(2)3;;;;;/h3-5,10H,1-2H3;2H,3H3;;;;;/q-1;;;+1;;;. The van der Waals surface area contributed by atoms with Gasteiger partial charge in [0.25, 0.3) is 0 Å². The molecule has 2 aliphatic rings. The van der Waals surface area contributed by atoms with E-state index in [4.69, 9.17) is 0 Å². The van der Waals surface area contributed by atoms with Crippen molar-refractivity contribution in [3.63, 3.8) is 0 Å². The number of aryl methyl sites for hydroxylation is 2. The van der Waals surface area contributed by atoms with E-state index >= 15 is 0 Å². The van der Waals surface area contributed by atoms with E-state index in [0.717, 1.165) is 0 Å². The predicted octanol–water partition coefficient (Wildman–Crippen LogP) is 2.09. The second-order valence-electron chi connectivity index (χ2n) is 5.25. The van der Waals surface area contributed by atoms with Crippen LogP contribution in [-0.4, -0.2) is 6.64 Å². The van der Waals surface area contributed by atoms with Crippen LogP contribution in [0.2, 0.25) is 0 Å². The van der Waals surface area contributed by atoms with Gasteiger partial charge in [0, 0.05) is 0 Å². The van der Waals surface area contributed by atoms with Crippen molar-refractivity contribution in [1.29, 1.82) is 0 Å². The molecular weight excluding hydrogens is 893 g/mol. The molecule has 3 rings (SSSR count). The maximum absolute atomic E-state index is 3.99. The Kier molecular flexibility index (Phi) is 6.29. The first-order chi connectivity index (χ1) is 9.56. The van der Waals surface area contributed by atoms with Crippen LogP contribution in [0, 0.1) is 84.7 Å². The number of benzene rings is 1. The molecule has 0 saturated heterocycles. The van der Waals surface area contributed by atoms with Crippen molar-refractivity contribution in [2.45, 2.75) is 20.8 Å². The van der Waals surface area contributed by atoms with Gasteiger partial charge < -0.3 is 0 Å². The molecule has 97 valence electrons. The van der Waals surface area contributed by atoms with Crippen LogP contribution in [0.5, 0.6) is 0 Å². The van der Waals surface area contributed by atoms with Gasteiger partial charge in [0.05, 0.1) is 0 Å².